The molecular formula is C12H17ClFN3O2. The van der Waals surface area contributed by atoms with Gasteiger partial charge in [0.15, 0.2) is 0 Å². The van der Waals surface area contributed by atoms with Crippen molar-refractivity contribution in [3.8, 4) is 0 Å². The van der Waals surface area contributed by atoms with Crippen molar-refractivity contribution in [2.45, 2.75) is 19.9 Å². The maximum Gasteiger partial charge on any atom is 0.248 e. The molecule has 106 valence electrons. The first-order chi connectivity index (χ1) is 8.32. The number of halogens is 2. The van der Waals surface area contributed by atoms with Crippen molar-refractivity contribution < 1.29 is 14.0 Å². The highest BCUT2D eigenvalue weighted by atomic mass is 35.5. The molecule has 2 amide bonds. The second-order valence-corrected chi connectivity index (χ2v) is 4.20. The van der Waals surface area contributed by atoms with Crippen molar-refractivity contribution in [2.24, 2.45) is 17.4 Å². The number of carbonyl (C=O) groups is 2. The smallest absolute Gasteiger partial charge is 0.248 e. The van der Waals surface area contributed by atoms with E-state index in [1.165, 1.54) is 12.1 Å². The van der Waals surface area contributed by atoms with Crippen LogP contribution in [0.25, 0.3) is 0 Å². The van der Waals surface area contributed by atoms with Gasteiger partial charge in [0.05, 0.1) is 11.6 Å². The summed E-state index contributed by atoms with van der Waals surface area (Å²) in [6, 6.07) is 3.17. The van der Waals surface area contributed by atoms with Crippen LogP contribution in [0.15, 0.2) is 18.2 Å². The molecule has 0 fully saturated rings. The van der Waals surface area contributed by atoms with Gasteiger partial charge < -0.3 is 16.8 Å². The fraction of sp³-hybridized carbons (Fsp3) is 0.333. The van der Waals surface area contributed by atoms with Crippen molar-refractivity contribution in [1.29, 1.82) is 0 Å². The average Bonchev–Trinajstić information content (AvgIpc) is 2.30. The standard InChI is InChI=1S/C12H16FN3O2.ClH/c1-6(7(2)14)12(18)16-10-5-8(11(15)17)3-4-9(10)13;/h3-7H,14H2,1-2H3,(H2,15,17)(H,16,18);1H. The van der Waals surface area contributed by atoms with E-state index in [-0.39, 0.29) is 29.7 Å². The number of amides is 2. The fourth-order valence-electron chi connectivity index (χ4n) is 1.26. The Morgan fingerprint density at radius 1 is 1.32 bits per heavy atom. The third kappa shape index (κ3) is 4.50. The van der Waals surface area contributed by atoms with E-state index in [4.69, 9.17) is 11.5 Å². The Morgan fingerprint density at radius 3 is 2.37 bits per heavy atom. The van der Waals surface area contributed by atoms with Gasteiger partial charge in [-0.05, 0) is 25.1 Å². The lowest BCUT2D eigenvalue weighted by atomic mass is 10.0. The first-order valence-corrected chi connectivity index (χ1v) is 5.48. The normalized spacial score (nSPS) is 13.1. The van der Waals surface area contributed by atoms with E-state index < -0.39 is 23.5 Å². The van der Waals surface area contributed by atoms with Crippen molar-refractivity contribution in [1.82, 2.24) is 0 Å². The van der Waals surface area contributed by atoms with Crippen LogP contribution in [0.3, 0.4) is 0 Å². The number of nitrogens with two attached hydrogens (primary N) is 2. The molecule has 2 unspecified atom stereocenters. The van der Waals surface area contributed by atoms with Crippen molar-refractivity contribution in [3.63, 3.8) is 0 Å². The van der Waals surface area contributed by atoms with Crippen LogP contribution in [0.5, 0.6) is 0 Å². The molecule has 0 saturated carbocycles. The first kappa shape index (κ1) is 17.3. The van der Waals surface area contributed by atoms with E-state index in [0.717, 1.165) is 6.07 Å². The monoisotopic (exact) mass is 289 g/mol. The summed E-state index contributed by atoms with van der Waals surface area (Å²) in [6.45, 7) is 3.32. The Balaban J connectivity index is 0.00000324. The lowest BCUT2D eigenvalue weighted by Crippen LogP contribution is -2.34. The molecule has 0 bridgehead atoms. The minimum atomic E-state index is -0.689. The van der Waals surface area contributed by atoms with E-state index in [1.54, 1.807) is 13.8 Å². The molecule has 0 spiro atoms. The lowest BCUT2D eigenvalue weighted by molar-refractivity contribution is -0.119. The number of rotatable bonds is 4. The second kappa shape index (κ2) is 7.06. The zero-order chi connectivity index (χ0) is 13.9. The summed E-state index contributed by atoms with van der Waals surface area (Å²) >= 11 is 0. The highest BCUT2D eigenvalue weighted by Gasteiger charge is 2.18. The Bertz CT molecular complexity index is 480. The van der Waals surface area contributed by atoms with Gasteiger partial charge in [-0.1, -0.05) is 6.92 Å². The molecule has 2 atom stereocenters. The van der Waals surface area contributed by atoms with Crippen LogP contribution in [-0.4, -0.2) is 17.9 Å². The number of nitrogens with one attached hydrogen (secondary N) is 1. The van der Waals surface area contributed by atoms with E-state index in [1.807, 2.05) is 0 Å². The molecule has 19 heavy (non-hydrogen) atoms. The summed E-state index contributed by atoms with van der Waals surface area (Å²) in [5, 5.41) is 2.38. The van der Waals surface area contributed by atoms with Crippen LogP contribution in [0, 0.1) is 11.7 Å². The molecule has 0 aliphatic rings. The first-order valence-electron chi connectivity index (χ1n) is 5.48. The Kier molecular flexibility index (Phi) is 6.44. The number of hydrogen-bond acceptors (Lipinski definition) is 3. The fourth-order valence-corrected chi connectivity index (χ4v) is 1.26. The van der Waals surface area contributed by atoms with Crippen LogP contribution in [0.2, 0.25) is 0 Å². The van der Waals surface area contributed by atoms with Gasteiger partial charge >= 0.3 is 0 Å². The van der Waals surface area contributed by atoms with E-state index >= 15 is 0 Å². The highest BCUT2D eigenvalue weighted by Crippen LogP contribution is 2.17. The average molecular weight is 290 g/mol. The van der Waals surface area contributed by atoms with Gasteiger partial charge in [-0.25, -0.2) is 4.39 Å². The van der Waals surface area contributed by atoms with Crippen LogP contribution < -0.4 is 16.8 Å². The zero-order valence-corrected chi connectivity index (χ0v) is 11.5. The third-order valence-corrected chi connectivity index (χ3v) is 2.71. The number of carbonyl (C=O) groups excluding carboxylic acids is 2. The van der Waals surface area contributed by atoms with Gasteiger partial charge in [-0.3, -0.25) is 9.59 Å². The van der Waals surface area contributed by atoms with Gasteiger partial charge in [-0.15, -0.1) is 12.4 Å². The molecule has 1 rings (SSSR count). The number of primary amides is 1. The van der Waals surface area contributed by atoms with E-state index in [0.29, 0.717) is 0 Å². The van der Waals surface area contributed by atoms with Crippen LogP contribution in [0.1, 0.15) is 24.2 Å². The van der Waals surface area contributed by atoms with Gasteiger partial charge in [0.2, 0.25) is 11.8 Å². The van der Waals surface area contributed by atoms with E-state index in [2.05, 4.69) is 5.32 Å². The summed E-state index contributed by atoms with van der Waals surface area (Å²) in [5.41, 5.74) is 10.7. The third-order valence-electron chi connectivity index (χ3n) is 2.71. The summed E-state index contributed by atoms with van der Waals surface area (Å²) in [6.07, 6.45) is 0. The summed E-state index contributed by atoms with van der Waals surface area (Å²) in [4.78, 5) is 22.7. The molecule has 0 radical (unpaired) electrons. The predicted molar refractivity (Wildman–Crippen MR) is 73.6 cm³/mol. The molecule has 1 aromatic carbocycles. The zero-order valence-electron chi connectivity index (χ0n) is 10.6. The Labute approximate surface area is 116 Å². The topological polar surface area (TPSA) is 98.2 Å². The molecule has 0 aliphatic heterocycles. The number of anilines is 1. The second-order valence-electron chi connectivity index (χ2n) is 4.20. The van der Waals surface area contributed by atoms with Crippen molar-refractivity contribution >= 4 is 29.9 Å². The molecule has 0 aromatic heterocycles. The van der Waals surface area contributed by atoms with Gasteiger partial charge in [0.25, 0.3) is 0 Å². The molecular weight excluding hydrogens is 273 g/mol. The summed E-state index contributed by atoms with van der Waals surface area (Å²) in [5.74, 6) is -2.21. The quantitative estimate of drug-likeness (QED) is 0.778. The van der Waals surface area contributed by atoms with Crippen LogP contribution in [-0.2, 0) is 4.79 Å². The highest BCUT2D eigenvalue weighted by molar-refractivity contribution is 5.97. The number of hydrogen-bond donors (Lipinski definition) is 3. The van der Waals surface area contributed by atoms with Crippen LogP contribution >= 0.6 is 12.4 Å². The minimum Gasteiger partial charge on any atom is -0.366 e. The van der Waals surface area contributed by atoms with Crippen LogP contribution in [0.4, 0.5) is 10.1 Å². The molecule has 1 aromatic rings. The Hall–Kier alpha value is -1.66. The predicted octanol–water partition coefficient (Wildman–Crippen LogP) is 1.27. The molecule has 0 heterocycles. The molecule has 0 aliphatic carbocycles. The van der Waals surface area contributed by atoms with E-state index in [9.17, 15) is 14.0 Å². The SMILES string of the molecule is CC(N)C(C)C(=O)Nc1cc(C(N)=O)ccc1F.Cl. The molecule has 5 nitrogen and oxygen atoms in total. The Morgan fingerprint density at radius 2 is 1.89 bits per heavy atom. The molecule has 0 saturated heterocycles. The van der Waals surface area contributed by atoms with Gasteiger partial charge in [-0.2, -0.15) is 0 Å². The lowest BCUT2D eigenvalue weighted by Gasteiger charge is -2.15. The minimum absolute atomic E-state index is 0. The summed E-state index contributed by atoms with van der Waals surface area (Å²) < 4.78 is 13.5. The maximum atomic E-state index is 13.5. The maximum absolute atomic E-state index is 13.5. The van der Waals surface area contributed by atoms with Crippen molar-refractivity contribution in [2.75, 3.05) is 5.32 Å². The summed E-state index contributed by atoms with van der Waals surface area (Å²) in [7, 11) is 0. The largest absolute Gasteiger partial charge is 0.366 e. The molecule has 7 heteroatoms. The van der Waals surface area contributed by atoms with Gasteiger partial charge in [0.1, 0.15) is 5.82 Å². The number of benzene rings is 1. The molecule has 5 N–H and O–H groups in total. The van der Waals surface area contributed by atoms with Crippen molar-refractivity contribution in [3.05, 3.63) is 29.6 Å². The van der Waals surface area contributed by atoms with Gasteiger partial charge in [0, 0.05) is 11.6 Å².